The number of rotatable bonds is 3. The van der Waals surface area contributed by atoms with Crippen molar-refractivity contribution in [1.82, 2.24) is 4.90 Å². The third-order valence-corrected chi connectivity index (χ3v) is 4.71. The van der Waals surface area contributed by atoms with Crippen molar-refractivity contribution < 1.29 is 4.74 Å². The second kappa shape index (κ2) is 6.72. The number of aryl methyl sites for hydroxylation is 1. The summed E-state index contributed by atoms with van der Waals surface area (Å²) in [6, 6.07) is 16.8. The van der Waals surface area contributed by atoms with Crippen molar-refractivity contribution in [2.75, 3.05) is 14.1 Å². The molecule has 0 amide bonds. The molecule has 2 nitrogen and oxygen atoms in total. The van der Waals surface area contributed by atoms with Gasteiger partial charge in [0, 0.05) is 17.5 Å². The number of hydrogen-bond donors (Lipinski definition) is 0. The van der Waals surface area contributed by atoms with Crippen LogP contribution in [-0.2, 0) is 6.42 Å². The molecule has 0 aliphatic heterocycles. The summed E-state index contributed by atoms with van der Waals surface area (Å²) >= 11 is 5.96. The van der Waals surface area contributed by atoms with Gasteiger partial charge in [0.2, 0.25) is 0 Å². The van der Waals surface area contributed by atoms with E-state index in [0.29, 0.717) is 6.04 Å². The molecule has 2 aromatic rings. The van der Waals surface area contributed by atoms with E-state index in [2.05, 4.69) is 43.3 Å². The normalized spacial score (nSPS) is 21.3. The van der Waals surface area contributed by atoms with Gasteiger partial charge in [0.25, 0.3) is 0 Å². The lowest BCUT2D eigenvalue weighted by molar-refractivity contribution is 0.147. The minimum Gasteiger partial charge on any atom is -0.486 e. The van der Waals surface area contributed by atoms with Crippen LogP contribution in [0.4, 0.5) is 0 Å². The number of benzene rings is 2. The zero-order valence-corrected chi connectivity index (χ0v) is 13.9. The van der Waals surface area contributed by atoms with Gasteiger partial charge in [-0.2, -0.15) is 0 Å². The Bertz CT molecular complexity index is 624. The first-order valence-electron chi connectivity index (χ1n) is 7.80. The van der Waals surface area contributed by atoms with Gasteiger partial charge in [-0.15, -0.1) is 0 Å². The average Bonchev–Trinajstić information content (AvgIpc) is 2.70. The molecule has 2 unspecified atom stereocenters. The Hall–Kier alpha value is -1.51. The Balaban J connectivity index is 1.89. The molecule has 0 aromatic heterocycles. The first-order valence-corrected chi connectivity index (χ1v) is 8.18. The van der Waals surface area contributed by atoms with Gasteiger partial charge in [0.05, 0.1) is 0 Å². The largest absolute Gasteiger partial charge is 0.486 e. The fraction of sp³-hybridized carbons (Fsp3) is 0.368. The monoisotopic (exact) mass is 315 g/mol. The number of nitrogens with zero attached hydrogens (tertiary/aromatic N) is 1. The molecule has 0 spiro atoms. The van der Waals surface area contributed by atoms with Crippen LogP contribution in [0.3, 0.4) is 0 Å². The maximum absolute atomic E-state index is 6.31. The van der Waals surface area contributed by atoms with Crippen LogP contribution in [0.25, 0.3) is 0 Å². The first-order chi connectivity index (χ1) is 10.6. The van der Waals surface area contributed by atoms with E-state index in [1.54, 1.807) is 0 Å². The molecule has 0 saturated heterocycles. The topological polar surface area (TPSA) is 12.5 Å². The molecule has 2 atom stereocenters. The molecular formula is C19H22ClNO. The van der Waals surface area contributed by atoms with E-state index in [4.69, 9.17) is 16.3 Å². The smallest absolute Gasteiger partial charge is 0.125 e. The molecule has 0 saturated carbocycles. The highest BCUT2D eigenvalue weighted by atomic mass is 35.5. The second-order valence-electron chi connectivity index (χ2n) is 6.15. The maximum atomic E-state index is 6.31. The zero-order chi connectivity index (χ0) is 15.5. The average molecular weight is 316 g/mol. The predicted molar refractivity (Wildman–Crippen MR) is 91.7 cm³/mol. The Labute approximate surface area is 137 Å². The summed E-state index contributed by atoms with van der Waals surface area (Å²) in [6.07, 6.45) is 3.38. The van der Waals surface area contributed by atoms with Crippen molar-refractivity contribution in [1.29, 1.82) is 0 Å². The summed E-state index contributed by atoms with van der Waals surface area (Å²) in [6.45, 7) is 0. The van der Waals surface area contributed by atoms with E-state index in [9.17, 15) is 0 Å². The summed E-state index contributed by atoms with van der Waals surface area (Å²) in [5.41, 5.74) is 2.73. The molecule has 116 valence electrons. The highest BCUT2D eigenvalue weighted by molar-refractivity contribution is 6.30. The van der Waals surface area contributed by atoms with E-state index in [-0.39, 0.29) is 6.10 Å². The van der Waals surface area contributed by atoms with Crippen LogP contribution in [0.1, 0.15) is 30.1 Å². The molecule has 0 radical (unpaired) electrons. The summed E-state index contributed by atoms with van der Waals surface area (Å²) in [5.74, 6) is 0.878. The predicted octanol–water partition coefficient (Wildman–Crippen LogP) is 4.73. The van der Waals surface area contributed by atoms with Crippen molar-refractivity contribution >= 4 is 11.6 Å². The van der Waals surface area contributed by atoms with Crippen molar-refractivity contribution in [3.63, 3.8) is 0 Å². The third kappa shape index (κ3) is 3.45. The van der Waals surface area contributed by atoms with E-state index >= 15 is 0 Å². The fourth-order valence-corrected chi connectivity index (χ4v) is 3.27. The second-order valence-corrected chi connectivity index (χ2v) is 6.59. The number of hydrogen-bond acceptors (Lipinski definition) is 2. The molecule has 0 N–H and O–H groups in total. The van der Waals surface area contributed by atoms with Gasteiger partial charge < -0.3 is 9.64 Å². The fourth-order valence-electron chi connectivity index (χ4n) is 3.15. The highest BCUT2D eigenvalue weighted by Crippen LogP contribution is 2.34. The highest BCUT2D eigenvalue weighted by Gasteiger charge is 2.26. The van der Waals surface area contributed by atoms with Crippen LogP contribution in [0, 0.1) is 0 Å². The van der Waals surface area contributed by atoms with Gasteiger partial charge in [-0.3, -0.25) is 0 Å². The van der Waals surface area contributed by atoms with Gasteiger partial charge in [-0.25, -0.2) is 0 Å². The van der Waals surface area contributed by atoms with E-state index in [1.807, 2.05) is 24.3 Å². The zero-order valence-electron chi connectivity index (χ0n) is 13.1. The molecule has 0 bridgehead atoms. The third-order valence-electron chi connectivity index (χ3n) is 4.46. The standard InChI is InChI=1S/C19H22ClNO/c1-21(2)16-10-7-14-5-3-4-6-18(14)19(13-16)22-17-11-8-15(20)9-12-17/h3-6,8-9,11-12,16,19H,7,10,13H2,1-2H3. The Morgan fingerprint density at radius 1 is 1.05 bits per heavy atom. The van der Waals surface area contributed by atoms with Gasteiger partial charge >= 0.3 is 0 Å². The summed E-state index contributed by atoms with van der Waals surface area (Å²) in [5, 5.41) is 0.736. The number of fused-ring (bicyclic) bond motifs is 1. The van der Waals surface area contributed by atoms with E-state index < -0.39 is 0 Å². The molecule has 1 aliphatic carbocycles. The van der Waals surface area contributed by atoms with Gasteiger partial charge in [-0.05, 0) is 62.3 Å². The van der Waals surface area contributed by atoms with Crippen molar-refractivity contribution in [2.24, 2.45) is 0 Å². The molecule has 2 aromatic carbocycles. The van der Waals surface area contributed by atoms with Crippen LogP contribution < -0.4 is 4.74 Å². The molecule has 1 aliphatic rings. The Morgan fingerprint density at radius 3 is 2.50 bits per heavy atom. The van der Waals surface area contributed by atoms with Crippen molar-refractivity contribution in [3.8, 4) is 5.75 Å². The lowest BCUT2D eigenvalue weighted by atomic mass is 10.0. The van der Waals surface area contributed by atoms with Crippen LogP contribution in [0.15, 0.2) is 48.5 Å². The summed E-state index contributed by atoms with van der Waals surface area (Å²) < 4.78 is 6.31. The van der Waals surface area contributed by atoms with Crippen LogP contribution >= 0.6 is 11.6 Å². The SMILES string of the molecule is CN(C)C1CCc2ccccc2C(Oc2ccc(Cl)cc2)C1. The first kappa shape index (κ1) is 15.4. The lowest BCUT2D eigenvalue weighted by Crippen LogP contribution is -2.30. The maximum Gasteiger partial charge on any atom is 0.125 e. The Kier molecular flexibility index (Phi) is 4.70. The minimum absolute atomic E-state index is 0.0901. The molecule has 0 heterocycles. The quantitative estimate of drug-likeness (QED) is 0.759. The van der Waals surface area contributed by atoms with Crippen molar-refractivity contribution in [3.05, 3.63) is 64.7 Å². The Morgan fingerprint density at radius 2 is 1.77 bits per heavy atom. The lowest BCUT2D eigenvalue weighted by Gasteiger charge is -2.27. The van der Waals surface area contributed by atoms with Gasteiger partial charge in [-0.1, -0.05) is 35.9 Å². The van der Waals surface area contributed by atoms with E-state index in [1.165, 1.54) is 17.5 Å². The van der Waals surface area contributed by atoms with Crippen LogP contribution in [0.5, 0.6) is 5.75 Å². The van der Waals surface area contributed by atoms with E-state index in [0.717, 1.165) is 23.6 Å². The molecule has 3 heteroatoms. The van der Waals surface area contributed by atoms with Crippen LogP contribution in [0.2, 0.25) is 5.02 Å². The minimum atomic E-state index is 0.0901. The number of ether oxygens (including phenoxy) is 1. The molecule has 3 rings (SSSR count). The molecule has 22 heavy (non-hydrogen) atoms. The van der Waals surface area contributed by atoms with Gasteiger partial charge in [0.15, 0.2) is 0 Å². The number of halogens is 1. The summed E-state index contributed by atoms with van der Waals surface area (Å²) in [7, 11) is 4.31. The molecule has 0 fully saturated rings. The van der Waals surface area contributed by atoms with Crippen molar-refractivity contribution in [2.45, 2.75) is 31.4 Å². The summed E-state index contributed by atoms with van der Waals surface area (Å²) in [4.78, 5) is 2.31. The van der Waals surface area contributed by atoms with Crippen LogP contribution in [-0.4, -0.2) is 25.0 Å². The molecular weight excluding hydrogens is 294 g/mol. The van der Waals surface area contributed by atoms with Gasteiger partial charge in [0.1, 0.15) is 11.9 Å².